The van der Waals surface area contributed by atoms with E-state index in [9.17, 15) is 14.4 Å². The van der Waals surface area contributed by atoms with Crippen LogP contribution in [0.2, 0.25) is 0 Å². The first kappa shape index (κ1) is 24.8. The molecule has 0 amide bonds. The van der Waals surface area contributed by atoms with Crippen LogP contribution in [0.4, 0.5) is 5.69 Å². The Kier molecular flexibility index (Phi) is 7.10. The molecule has 1 unspecified atom stereocenters. The number of nitrogens with zero attached hydrogens (tertiary/aromatic N) is 2. The lowest BCUT2D eigenvalue weighted by atomic mass is 9.87. The number of pyridine rings is 1. The first-order valence-electron chi connectivity index (χ1n) is 12.6. The minimum Gasteiger partial charge on any atom is -0.400 e. The van der Waals surface area contributed by atoms with Crippen LogP contribution in [0.15, 0.2) is 77.7 Å². The van der Waals surface area contributed by atoms with Gasteiger partial charge in [-0.1, -0.05) is 54.6 Å². The largest absolute Gasteiger partial charge is 0.421 e. The molecule has 1 N–H and O–H groups in total. The van der Waals surface area contributed by atoms with Crippen LogP contribution in [0.3, 0.4) is 0 Å². The highest BCUT2D eigenvalue weighted by atomic mass is 16.8. The standard InChI is InChI=1S/C29H31N3O5/c1-31(19-22-8-3-2-4-9-22)25-12-6-5-10-23(25)14-13-21-15-17-32(20-24-11-7-16-30-26(24)33)29(18-21)36-27(34)28(35)37-29/h2-12,16,21H,13-15,17-20H2,1H3,(H,30,33). The van der Waals surface area contributed by atoms with Gasteiger partial charge >= 0.3 is 17.8 Å². The number of benzene rings is 2. The van der Waals surface area contributed by atoms with Crippen LogP contribution in [0, 0.1) is 5.92 Å². The SMILES string of the molecule is CN(Cc1ccccc1)c1ccccc1CCC1CCN(Cc2ccc[nH]c2=O)C2(C1)OC(=O)C(=O)O2. The Hall–Kier alpha value is -3.91. The summed E-state index contributed by atoms with van der Waals surface area (Å²) in [5.74, 6) is -3.26. The third kappa shape index (κ3) is 5.44. The zero-order valence-corrected chi connectivity index (χ0v) is 20.9. The van der Waals surface area contributed by atoms with E-state index < -0.39 is 17.8 Å². The Labute approximate surface area is 215 Å². The second-order valence-electron chi connectivity index (χ2n) is 9.81. The molecule has 0 bridgehead atoms. The Morgan fingerprint density at radius 2 is 1.65 bits per heavy atom. The Bertz CT molecular complexity index is 1310. The number of para-hydroxylation sites is 1. The summed E-state index contributed by atoms with van der Waals surface area (Å²) in [7, 11) is 2.10. The van der Waals surface area contributed by atoms with Gasteiger partial charge in [0.25, 0.3) is 5.56 Å². The number of hydrogen-bond donors (Lipinski definition) is 1. The lowest BCUT2D eigenvalue weighted by molar-refractivity contribution is -0.274. The van der Waals surface area contributed by atoms with Crippen LogP contribution in [0.1, 0.15) is 36.0 Å². The molecule has 2 aliphatic heterocycles. The van der Waals surface area contributed by atoms with Crippen molar-refractivity contribution < 1.29 is 19.1 Å². The maximum Gasteiger partial charge on any atom is 0.421 e. The zero-order chi connectivity index (χ0) is 25.8. The van der Waals surface area contributed by atoms with Crippen molar-refractivity contribution in [3.8, 4) is 0 Å². The summed E-state index contributed by atoms with van der Waals surface area (Å²) in [6, 6.07) is 22.2. The number of aryl methyl sites for hydroxylation is 1. The van der Waals surface area contributed by atoms with Gasteiger partial charge in [0.2, 0.25) is 0 Å². The fraction of sp³-hybridized carbons (Fsp3) is 0.345. The highest BCUT2D eigenvalue weighted by molar-refractivity contribution is 6.31. The van der Waals surface area contributed by atoms with E-state index in [2.05, 4.69) is 53.3 Å². The number of rotatable bonds is 8. The number of hydrogen-bond acceptors (Lipinski definition) is 7. The second kappa shape index (κ2) is 10.6. The molecule has 1 atom stereocenters. The van der Waals surface area contributed by atoms with Crippen molar-refractivity contribution >= 4 is 17.6 Å². The predicted molar refractivity (Wildman–Crippen MR) is 138 cm³/mol. The summed E-state index contributed by atoms with van der Waals surface area (Å²) in [4.78, 5) is 43.1. The normalized spacial score (nSPS) is 19.0. The van der Waals surface area contributed by atoms with Crippen molar-refractivity contribution in [2.45, 2.75) is 44.7 Å². The van der Waals surface area contributed by atoms with Crippen LogP contribution in [0.25, 0.3) is 0 Å². The van der Waals surface area contributed by atoms with E-state index in [-0.39, 0.29) is 18.0 Å². The fourth-order valence-corrected chi connectivity index (χ4v) is 5.34. The van der Waals surface area contributed by atoms with Gasteiger partial charge in [0, 0.05) is 50.6 Å². The van der Waals surface area contributed by atoms with E-state index >= 15 is 0 Å². The number of esters is 2. The van der Waals surface area contributed by atoms with Crippen molar-refractivity contribution in [2.24, 2.45) is 5.92 Å². The van der Waals surface area contributed by atoms with Gasteiger partial charge in [-0.2, -0.15) is 0 Å². The molecule has 2 saturated heterocycles. The van der Waals surface area contributed by atoms with Gasteiger partial charge in [-0.05, 0) is 48.4 Å². The number of nitrogens with one attached hydrogen (secondary N) is 1. The number of anilines is 1. The van der Waals surface area contributed by atoms with Gasteiger partial charge in [0.15, 0.2) is 0 Å². The van der Waals surface area contributed by atoms with E-state index in [4.69, 9.17) is 9.47 Å². The Balaban J connectivity index is 1.29. The van der Waals surface area contributed by atoms with Gasteiger partial charge < -0.3 is 19.4 Å². The Morgan fingerprint density at radius 1 is 0.946 bits per heavy atom. The molecule has 8 heteroatoms. The van der Waals surface area contributed by atoms with Crippen LogP contribution < -0.4 is 10.5 Å². The maximum absolute atomic E-state index is 12.2. The number of likely N-dealkylation sites (tertiary alicyclic amines) is 1. The van der Waals surface area contributed by atoms with Crippen LogP contribution in [-0.4, -0.2) is 41.3 Å². The molecule has 3 aromatic rings. The maximum atomic E-state index is 12.2. The van der Waals surface area contributed by atoms with E-state index in [0.717, 1.165) is 25.8 Å². The van der Waals surface area contributed by atoms with Crippen molar-refractivity contribution in [1.29, 1.82) is 0 Å². The quantitative estimate of drug-likeness (QED) is 0.372. The highest BCUT2D eigenvalue weighted by Gasteiger charge is 2.55. The number of carbonyl (C=O) groups excluding carboxylic acids is 2. The van der Waals surface area contributed by atoms with Crippen LogP contribution >= 0.6 is 0 Å². The molecular formula is C29H31N3O5. The van der Waals surface area contributed by atoms with Gasteiger partial charge in [-0.25, -0.2) is 14.5 Å². The van der Waals surface area contributed by atoms with E-state index in [1.54, 1.807) is 23.2 Å². The van der Waals surface area contributed by atoms with Crippen LogP contribution in [-0.2, 0) is 38.6 Å². The minimum absolute atomic E-state index is 0.177. The first-order chi connectivity index (χ1) is 17.9. The predicted octanol–water partition coefficient (Wildman–Crippen LogP) is 3.61. The van der Waals surface area contributed by atoms with Gasteiger partial charge in [0.05, 0.1) is 0 Å². The van der Waals surface area contributed by atoms with Crippen molar-refractivity contribution in [1.82, 2.24) is 9.88 Å². The first-order valence-corrected chi connectivity index (χ1v) is 12.6. The summed E-state index contributed by atoms with van der Waals surface area (Å²) in [5.41, 5.74) is 3.98. The van der Waals surface area contributed by atoms with Gasteiger partial charge in [0.1, 0.15) is 0 Å². The summed E-state index contributed by atoms with van der Waals surface area (Å²) in [6.07, 6.45) is 4.47. The molecule has 1 aromatic heterocycles. The summed E-state index contributed by atoms with van der Waals surface area (Å²) < 4.78 is 11.1. The van der Waals surface area contributed by atoms with Gasteiger partial charge in [-0.15, -0.1) is 0 Å². The number of aromatic amines is 1. The smallest absolute Gasteiger partial charge is 0.400 e. The number of piperidine rings is 1. The number of aromatic nitrogens is 1. The summed E-state index contributed by atoms with van der Waals surface area (Å²) >= 11 is 0. The lowest BCUT2D eigenvalue weighted by Gasteiger charge is -2.43. The zero-order valence-electron chi connectivity index (χ0n) is 20.9. The molecule has 192 valence electrons. The molecule has 37 heavy (non-hydrogen) atoms. The molecule has 2 aliphatic rings. The third-order valence-electron chi connectivity index (χ3n) is 7.25. The average Bonchev–Trinajstić information content (AvgIpc) is 3.19. The molecule has 5 rings (SSSR count). The van der Waals surface area contributed by atoms with E-state index in [1.165, 1.54) is 16.8 Å². The number of carbonyl (C=O) groups is 2. The molecule has 8 nitrogen and oxygen atoms in total. The van der Waals surface area contributed by atoms with Crippen molar-refractivity contribution in [3.05, 3.63) is 100.0 Å². The molecular weight excluding hydrogens is 470 g/mol. The molecule has 2 fully saturated rings. The molecule has 2 aromatic carbocycles. The molecule has 0 aliphatic carbocycles. The third-order valence-corrected chi connectivity index (χ3v) is 7.25. The number of ether oxygens (including phenoxy) is 2. The van der Waals surface area contributed by atoms with E-state index in [1.807, 2.05) is 18.2 Å². The van der Waals surface area contributed by atoms with Crippen molar-refractivity contribution in [3.63, 3.8) is 0 Å². The summed E-state index contributed by atoms with van der Waals surface area (Å²) in [6.45, 7) is 1.57. The van der Waals surface area contributed by atoms with Crippen LogP contribution in [0.5, 0.6) is 0 Å². The Morgan fingerprint density at radius 3 is 2.41 bits per heavy atom. The summed E-state index contributed by atoms with van der Waals surface area (Å²) in [5, 5.41) is 0. The van der Waals surface area contributed by atoms with Gasteiger partial charge in [-0.3, -0.25) is 4.79 Å². The second-order valence-corrected chi connectivity index (χ2v) is 9.81. The molecule has 3 heterocycles. The fourth-order valence-electron chi connectivity index (χ4n) is 5.34. The highest BCUT2D eigenvalue weighted by Crippen LogP contribution is 2.40. The molecule has 0 saturated carbocycles. The number of H-pyrrole nitrogens is 1. The van der Waals surface area contributed by atoms with Crippen molar-refractivity contribution in [2.75, 3.05) is 18.5 Å². The topological polar surface area (TPSA) is 91.9 Å². The lowest BCUT2D eigenvalue weighted by Crippen LogP contribution is -2.55. The average molecular weight is 502 g/mol. The minimum atomic E-state index is -1.47. The molecule has 1 spiro atoms. The monoisotopic (exact) mass is 501 g/mol. The molecule has 0 radical (unpaired) electrons. The van der Waals surface area contributed by atoms with E-state index in [0.29, 0.717) is 18.5 Å².